The third-order valence-electron chi connectivity index (χ3n) is 2.46. The van der Waals surface area contributed by atoms with Gasteiger partial charge >= 0.3 is 0 Å². The molecule has 0 bridgehead atoms. The van der Waals surface area contributed by atoms with Gasteiger partial charge in [0.2, 0.25) is 0 Å². The van der Waals surface area contributed by atoms with Crippen molar-refractivity contribution >= 4 is 0 Å². The lowest BCUT2D eigenvalue weighted by molar-refractivity contribution is 0.412. The summed E-state index contributed by atoms with van der Waals surface area (Å²) in [7, 11) is 1.64. The minimum atomic E-state index is 0.0432. The molecule has 0 unspecified atom stereocenters. The van der Waals surface area contributed by atoms with E-state index in [1.807, 2.05) is 12.1 Å². The van der Waals surface area contributed by atoms with Crippen molar-refractivity contribution in [1.29, 1.82) is 0 Å². The number of nitrogens with zero attached hydrogens (tertiary/aromatic N) is 1. The maximum atomic E-state index is 5.98. The standard InChI is InChI=1S/C10H14N2O/c1-13-9-3-2-8(12-7-9)6-10(11)4-5-10/h2-3,7H,4-6,11H2,1H3. The fraction of sp³-hybridized carbons (Fsp3) is 0.500. The maximum absolute atomic E-state index is 5.98. The van der Waals surface area contributed by atoms with Gasteiger partial charge in [-0.1, -0.05) is 0 Å². The second kappa shape index (κ2) is 3.00. The normalized spacial score (nSPS) is 18.3. The van der Waals surface area contributed by atoms with Gasteiger partial charge in [0.1, 0.15) is 5.75 Å². The molecule has 0 radical (unpaired) electrons. The molecule has 1 heterocycles. The monoisotopic (exact) mass is 178 g/mol. The van der Waals surface area contributed by atoms with Crippen LogP contribution in [-0.2, 0) is 6.42 Å². The van der Waals surface area contributed by atoms with Gasteiger partial charge in [0, 0.05) is 17.7 Å². The van der Waals surface area contributed by atoms with Gasteiger partial charge in [0.05, 0.1) is 13.3 Å². The molecular formula is C10H14N2O. The number of hydrogen-bond acceptors (Lipinski definition) is 3. The minimum Gasteiger partial charge on any atom is -0.495 e. The number of methoxy groups -OCH3 is 1. The number of aromatic nitrogens is 1. The zero-order chi connectivity index (χ0) is 9.31. The van der Waals surface area contributed by atoms with Crippen molar-refractivity contribution in [2.75, 3.05) is 7.11 Å². The van der Waals surface area contributed by atoms with E-state index in [0.29, 0.717) is 0 Å². The van der Waals surface area contributed by atoms with Crippen LogP contribution in [0.2, 0.25) is 0 Å². The Kier molecular flexibility index (Phi) is 1.96. The second-order valence-electron chi connectivity index (χ2n) is 3.73. The highest BCUT2D eigenvalue weighted by atomic mass is 16.5. The molecule has 1 aromatic rings. The Morgan fingerprint density at radius 2 is 2.31 bits per heavy atom. The molecular weight excluding hydrogens is 164 g/mol. The van der Waals surface area contributed by atoms with Gasteiger partial charge in [-0.25, -0.2) is 0 Å². The van der Waals surface area contributed by atoms with Crippen LogP contribution in [0.25, 0.3) is 0 Å². The largest absolute Gasteiger partial charge is 0.495 e. The molecule has 3 nitrogen and oxygen atoms in total. The average Bonchev–Trinajstić information content (AvgIpc) is 2.85. The van der Waals surface area contributed by atoms with Crippen LogP contribution in [0.15, 0.2) is 18.3 Å². The first-order valence-electron chi connectivity index (χ1n) is 4.50. The first-order chi connectivity index (χ1) is 6.22. The topological polar surface area (TPSA) is 48.1 Å². The minimum absolute atomic E-state index is 0.0432. The number of ether oxygens (including phenoxy) is 1. The molecule has 70 valence electrons. The van der Waals surface area contributed by atoms with E-state index in [2.05, 4.69) is 4.98 Å². The quantitative estimate of drug-likeness (QED) is 0.754. The maximum Gasteiger partial charge on any atom is 0.137 e. The highest BCUT2D eigenvalue weighted by molar-refractivity contribution is 5.22. The first-order valence-corrected chi connectivity index (χ1v) is 4.50. The summed E-state index contributed by atoms with van der Waals surface area (Å²) in [4.78, 5) is 4.27. The molecule has 0 aliphatic heterocycles. The number of pyridine rings is 1. The van der Waals surface area contributed by atoms with Gasteiger partial charge in [-0.3, -0.25) is 4.98 Å². The smallest absolute Gasteiger partial charge is 0.137 e. The summed E-state index contributed by atoms with van der Waals surface area (Å²) < 4.78 is 5.02. The van der Waals surface area contributed by atoms with E-state index in [-0.39, 0.29) is 5.54 Å². The van der Waals surface area contributed by atoms with E-state index in [1.54, 1.807) is 13.3 Å². The summed E-state index contributed by atoms with van der Waals surface area (Å²) in [6.45, 7) is 0. The number of hydrogen-bond donors (Lipinski definition) is 1. The molecule has 13 heavy (non-hydrogen) atoms. The van der Waals surface area contributed by atoms with Gasteiger partial charge in [0.25, 0.3) is 0 Å². The van der Waals surface area contributed by atoms with Crippen LogP contribution in [0.4, 0.5) is 0 Å². The van der Waals surface area contributed by atoms with Gasteiger partial charge < -0.3 is 10.5 Å². The Bertz CT molecular complexity index is 290. The van der Waals surface area contributed by atoms with E-state index < -0.39 is 0 Å². The highest BCUT2D eigenvalue weighted by Gasteiger charge is 2.38. The molecule has 0 atom stereocenters. The second-order valence-corrected chi connectivity index (χ2v) is 3.73. The molecule has 0 saturated heterocycles. The van der Waals surface area contributed by atoms with Crippen molar-refractivity contribution in [3.8, 4) is 5.75 Å². The average molecular weight is 178 g/mol. The Labute approximate surface area is 77.9 Å². The van der Waals surface area contributed by atoms with Crippen LogP contribution in [0.1, 0.15) is 18.5 Å². The lowest BCUT2D eigenvalue weighted by Gasteiger charge is -2.07. The van der Waals surface area contributed by atoms with Gasteiger partial charge in [-0.05, 0) is 25.0 Å². The van der Waals surface area contributed by atoms with Crippen LogP contribution in [0.5, 0.6) is 5.75 Å². The van der Waals surface area contributed by atoms with E-state index >= 15 is 0 Å². The SMILES string of the molecule is COc1ccc(CC2(N)CC2)nc1. The molecule has 0 spiro atoms. The van der Waals surface area contributed by atoms with E-state index in [1.165, 1.54) is 0 Å². The summed E-state index contributed by atoms with van der Waals surface area (Å²) in [6, 6.07) is 3.90. The van der Waals surface area contributed by atoms with Crippen molar-refractivity contribution < 1.29 is 4.74 Å². The zero-order valence-corrected chi connectivity index (χ0v) is 7.79. The van der Waals surface area contributed by atoms with Crippen LogP contribution >= 0.6 is 0 Å². The van der Waals surface area contributed by atoms with Crippen molar-refractivity contribution in [2.24, 2.45) is 5.73 Å². The zero-order valence-electron chi connectivity index (χ0n) is 7.79. The fourth-order valence-corrected chi connectivity index (χ4v) is 1.33. The predicted molar refractivity (Wildman–Crippen MR) is 50.6 cm³/mol. The van der Waals surface area contributed by atoms with Crippen molar-refractivity contribution in [3.05, 3.63) is 24.0 Å². The van der Waals surface area contributed by atoms with Crippen LogP contribution in [0, 0.1) is 0 Å². The predicted octanol–water partition coefficient (Wildman–Crippen LogP) is 1.12. The lowest BCUT2D eigenvalue weighted by Crippen LogP contribution is -2.24. The molecule has 1 aromatic heterocycles. The molecule has 1 aliphatic carbocycles. The first kappa shape index (κ1) is 8.51. The van der Waals surface area contributed by atoms with Gasteiger partial charge in [0.15, 0.2) is 0 Å². The van der Waals surface area contributed by atoms with Crippen LogP contribution < -0.4 is 10.5 Å². The van der Waals surface area contributed by atoms with Crippen molar-refractivity contribution in [3.63, 3.8) is 0 Å². The summed E-state index contributed by atoms with van der Waals surface area (Å²) in [5, 5.41) is 0. The van der Waals surface area contributed by atoms with E-state index in [4.69, 9.17) is 10.5 Å². The van der Waals surface area contributed by atoms with Crippen molar-refractivity contribution in [1.82, 2.24) is 4.98 Å². The third-order valence-corrected chi connectivity index (χ3v) is 2.46. The molecule has 1 fully saturated rings. The summed E-state index contributed by atoms with van der Waals surface area (Å²) >= 11 is 0. The summed E-state index contributed by atoms with van der Waals surface area (Å²) in [5.41, 5.74) is 7.08. The van der Waals surface area contributed by atoms with Gasteiger partial charge in [-0.2, -0.15) is 0 Å². The van der Waals surface area contributed by atoms with E-state index in [0.717, 1.165) is 30.7 Å². The Hall–Kier alpha value is -1.09. The van der Waals surface area contributed by atoms with Gasteiger partial charge in [-0.15, -0.1) is 0 Å². The van der Waals surface area contributed by atoms with Crippen LogP contribution in [0.3, 0.4) is 0 Å². The third kappa shape index (κ3) is 1.98. The lowest BCUT2D eigenvalue weighted by atomic mass is 10.1. The Morgan fingerprint density at radius 1 is 1.54 bits per heavy atom. The molecule has 2 rings (SSSR count). The number of nitrogens with two attached hydrogens (primary N) is 1. The Morgan fingerprint density at radius 3 is 2.77 bits per heavy atom. The molecule has 0 amide bonds. The molecule has 1 saturated carbocycles. The molecule has 2 N–H and O–H groups in total. The van der Waals surface area contributed by atoms with Crippen molar-refractivity contribution in [2.45, 2.75) is 24.8 Å². The summed E-state index contributed by atoms with van der Waals surface area (Å²) in [5.74, 6) is 0.797. The number of rotatable bonds is 3. The molecule has 0 aromatic carbocycles. The van der Waals surface area contributed by atoms with E-state index in [9.17, 15) is 0 Å². The molecule has 3 heteroatoms. The Balaban J connectivity index is 2.05. The highest BCUT2D eigenvalue weighted by Crippen LogP contribution is 2.35. The summed E-state index contributed by atoms with van der Waals surface area (Å²) in [6.07, 6.45) is 4.87. The van der Waals surface area contributed by atoms with Crippen LogP contribution in [-0.4, -0.2) is 17.6 Å². The molecule has 1 aliphatic rings. The fourth-order valence-electron chi connectivity index (χ4n) is 1.33.